The number of hydrogen-bond acceptors (Lipinski definition) is 4. The third-order valence-electron chi connectivity index (χ3n) is 7.06. The number of sulfonamides is 1. The summed E-state index contributed by atoms with van der Waals surface area (Å²) in [4.78, 5) is 0.511. The van der Waals surface area contributed by atoms with Gasteiger partial charge in [-0.05, 0) is 105 Å². The van der Waals surface area contributed by atoms with Crippen molar-refractivity contribution in [1.82, 2.24) is 4.31 Å². The van der Waals surface area contributed by atoms with E-state index in [4.69, 9.17) is 9.47 Å². The molecule has 4 rings (SSSR count). The van der Waals surface area contributed by atoms with Crippen molar-refractivity contribution >= 4 is 10.0 Å². The van der Waals surface area contributed by atoms with Crippen LogP contribution in [0.1, 0.15) is 46.2 Å². The van der Waals surface area contributed by atoms with Gasteiger partial charge in [-0.2, -0.15) is 4.31 Å². The van der Waals surface area contributed by atoms with E-state index in [1.807, 2.05) is 33.8 Å². The average Bonchev–Trinajstić information content (AvgIpc) is 3.19. The predicted octanol–water partition coefficient (Wildman–Crippen LogP) is 4.60. The Morgan fingerprint density at radius 3 is 2.07 bits per heavy atom. The molecule has 162 valence electrons. The topological polar surface area (TPSA) is 55.8 Å². The smallest absolute Gasteiger partial charge is 0.243 e. The highest BCUT2D eigenvalue weighted by Crippen LogP contribution is 2.36. The van der Waals surface area contributed by atoms with Gasteiger partial charge in [0.05, 0.1) is 4.90 Å². The van der Waals surface area contributed by atoms with Crippen LogP contribution in [0.15, 0.2) is 23.1 Å². The first-order chi connectivity index (χ1) is 14.2. The second-order valence-electron chi connectivity index (χ2n) is 8.69. The van der Waals surface area contributed by atoms with Crippen molar-refractivity contribution in [3.8, 4) is 11.5 Å². The van der Waals surface area contributed by atoms with Crippen molar-refractivity contribution < 1.29 is 17.9 Å². The Morgan fingerprint density at radius 1 is 0.867 bits per heavy atom. The molecule has 5 nitrogen and oxygen atoms in total. The van der Waals surface area contributed by atoms with Crippen LogP contribution in [0.4, 0.5) is 0 Å². The van der Waals surface area contributed by atoms with Gasteiger partial charge in [-0.25, -0.2) is 8.42 Å². The van der Waals surface area contributed by atoms with E-state index in [0.29, 0.717) is 23.9 Å². The molecule has 0 saturated carbocycles. The number of nitrogens with zero attached hydrogens (tertiary/aromatic N) is 1. The largest absolute Gasteiger partial charge is 0.454 e. The molecule has 0 unspecified atom stereocenters. The highest BCUT2D eigenvalue weighted by Gasteiger charge is 2.33. The molecule has 2 aliphatic rings. The van der Waals surface area contributed by atoms with Crippen molar-refractivity contribution in [3.05, 3.63) is 51.6 Å². The maximum Gasteiger partial charge on any atom is 0.243 e. The zero-order valence-electron chi connectivity index (χ0n) is 18.5. The molecule has 2 aliphatic heterocycles. The minimum atomic E-state index is -3.49. The van der Waals surface area contributed by atoms with Gasteiger partial charge in [0.15, 0.2) is 11.5 Å². The molecule has 0 aliphatic carbocycles. The van der Waals surface area contributed by atoms with Gasteiger partial charge in [-0.1, -0.05) is 6.07 Å². The van der Waals surface area contributed by atoms with E-state index in [9.17, 15) is 8.42 Å². The summed E-state index contributed by atoms with van der Waals surface area (Å²) in [5.41, 5.74) is 6.34. The summed E-state index contributed by atoms with van der Waals surface area (Å²) in [5.74, 6) is 2.08. The zero-order valence-corrected chi connectivity index (χ0v) is 19.4. The van der Waals surface area contributed by atoms with Gasteiger partial charge in [-0.15, -0.1) is 0 Å². The first kappa shape index (κ1) is 21.2. The van der Waals surface area contributed by atoms with Gasteiger partial charge >= 0.3 is 0 Å². The third-order valence-corrected chi connectivity index (χ3v) is 9.24. The number of fused-ring (bicyclic) bond motifs is 1. The monoisotopic (exact) mass is 429 g/mol. The van der Waals surface area contributed by atoms with Gasteiger partial charge in [0.2, 0.25) is 16.8 Å². The third kappa shape index (κ3) is 3.60. The van der Waals surface area contributed by atoms with Gasteiger partial charge in [0.25, 0.3) is 0 Å². The normalized spacial score (nSPS) is 17.5. The number of rotatable bonds is 4. The summed E-state index contributed by atoms with van der Waals surface area (Å²) < 4.78 is 39.6. The molecule has 30 heavy (non-hydrogen) atoms. The van der Waals surface area contributed by atoms with Crippen LogP contribution in [-0.4, -0.2) is 32.6 Å². The first-order valence-electron chi connectivity index (χ1n) is 10.7. The van der Waals surface area contributed by atoms with Gasteiger partial charge in [0, 0.05) is 13.1 Å². The molecule has 6 heteroatoms. The Bertz CT molecular complexity index is 1050. The first-order valence-corrected chi connectivity index (χ1v) is 12.1. The summed E-state index contributed by atoms with van der Waals surface area (Å²) in [6.45, 7) is 11.4. The highest BCUT2D eigenvalue weighted by atomic mass is 32.2. The molecule has 2 heterocycles. The van der Waals surface area contributed by atoms with Crippen molar-refractivity contribution in [2.24, 2.45) is 5.92 Å². The van der Waals surface area contributed by atoms with Crippen molar-refractivity contribution in [1.29, 1.82) is 0 Å². The Balaban J connectivity index is 1.49. The van der Waals surface area contributed by atoms with Crippen LogP contribution in [0.5, 0.6) is 11.5 Å². The van der Waals surface area contributed by atoms with E-state index in [0.717, 1.165) is 53.0 Å². The van der Waals surface area contributed by atoms with E-state index in [1.165, 1.54) is 11.1 Å². The molecule has 0 aromatic heterocycles. The fourth-order valence-electron chi connectivity index (χ4n) is 4.74. The van der Waals surface area contributed by atoms with Gasteiger partial charge in [-0.3, -0.25) is 0 Å². The van der Waals surface area contributed by atoms with E-state index >= 15 is 0 Å². The van der Waals surface area contributed by atoms with E-state index in [-0.39, 0.29) is 6.79 Å². The van der Waals surface area contributed by atoms with E-state index in [1.54, 1.807) is 4.31 Å². The second kappa shape index (κ2) is 7.89. The molecule has 1 fully saturated rings. The molecule has 0 spiro atoms. The van der Waals surface area contributed by atoms with Crippen LogP contribution < -0.4 is 9.47 Å². The fraction of sp³-hybridized carbons (Fsp3) is 0.500. The van der Waals surface area contributed by atoms with E-state index < -0.39 is 10.0 Å². The predicted molar refractivity (Wildman–Crippen MR) is 118 cm³/mol. The highest BCUT2D eigenvalue weighted by molar-refractivity contribution is 7.89. The van der Waals surface area contributed by atoms with Gasteiger partial charge < -0.3 is 9.47 Å². The number of benzene rings is 2. The van der Waals surface area contributed by atoms with Gasteiger partial charge in [0.1, 0.15) is 0 Å². The lowest BCUT2D eigenvalue weighted by atomic mass is 9.91. The lowest BCUT2D eigenvalue weighted by molar-refractivity contribution is 0.174. The molecule has 0 N–H and O–H groups in total. The molecule has 2 aromatic carbocycles. The maximum atomic E-state index is 13.5. The Morgan fingerprint density at radius 2 is 1.43 bits per heavy atom. The molecule has 2 aromatic rings. The van der Waals surface area contributed by atoms with Crippen LogP contribution in [-0.2, 0) is 16.4 Å². The molecular weight excluding hydrogens is 398 g/mol. The average molecular weight is 430 g/mol. The number of piperidine rings is 1. The minimum absolute atomic E-state index is 0.284. The molecule has 0 amide bonds. The summed E-state index contributed by atoms with van der Waals surface area (Å²) in [5, 5.41) is 0. The van der Waals surface area contributed by atoms with Crippen LogP contribution >= 0.6 is 0 Å². The maximum absolute atomic E-state index is 13.5. The summed E-state index contributed by atoms with van der Waals surface area (Å²) in [7, 11) is -3.49. The Kier molecular flexibility index (Phi) is 5.58. The van der Waals surface area contributed by atoms with Crippen molar-refractivity contribution in [2.75, 3.05) is 19.9 Å². The quantitative estimate of drug-likeness (QED) is 0.713. The molecule has 1 saturated heterocycles. The zero-order chi connectivity index (χ0) is 21.6. The lowest BCUT2D eigenvalue weighted by Crippen LogP contribution is -2.39. The minimum Gasteiger partial charge on any atom is -0.454 e. The summed E-state index contributed by atoms with van der Waals surface area (Å²) in [6.07, 6.45) is 2.68. The number of ether oxygens (including phenoxy) is 2. The molecule has 0 atom stereocenters. The van der Waals surface area contributed by atoms with Crippen LogP contribution in [0, 0.1) is 40.5 Å². The SMILES string of the molecule is Cc1c(C)c(C)c(S(=O)(=O)N2CCC(Cc3ccc4c(c3)OCO4)CC2)c(C)c1C. The Labute approximate surface area is 180 Å². The Hall–Kier alpha value is -2.05. The summed E-state index contributed by atoms with van der Waals surface area (Å²) in [6, 6.07) is 6.10. The van der Waals surface area contributed by atoms with Crippen molar-refractivity contribution in [2.45, 2.75) is 58.8 Å². The lowest BCUT2D eigenvalue weighted by Gasteiger charge is -2.32. The summed E-state index contributed by atoms with van der Waals surface area (Å²) >= 11 is 0. The van der Waals surface area contributed by atoms with Crippen LogP contribution in [0.3, 0.4) is 0 Å². The fourth-order valence-corrected chi connectivity index (χ4v) is 6.77. The van der Waals surface area contributed by atoms with Crippen LogP contribution in [0.25, 0.3) is 0 Å². The van der Waals surface area contributed by atoms with Crippen molar-refractivity contribution in [3.63, 3.8) is 0 Å². The van der Waals surface area contributed by atoms with Crippen LogP contribution in [0.2, 0.25) is 0 Å². The number of hydrogen-bond donors (Lipinski definition) is 0. The van der Waals surface area contributed by atoms with E-state index in [2.05, 4.69) is 19.1 Å². The molecular formula is C24H31NO4S. The second-order valence-corrected chi connectivity index (χ2v) is 10.6. The molecule has 0 radical (unpaired) electrons. The molecule has 0 bridgehead atoms. The standard InChI is InChI=1S/C24H31NO4S/c1-15-16(2)18(4)24(19(5)17(15)3)30(26,27)25-10-8-20(9-11-25)12-21-6-7-22-23(13-21)29-14-28-22/h6-7,13,20H,8-12,14H2,1-5H3.